The number of aldehydes is 2. The number of carbonyl (C=O) groups excluding carboxylic acids is 3. The highest BCUT2D eigenvalue weighted by atomic mass is 17.1. The molecule has 5 aromatic carbocycles. The van der Waals surface area contributed by atoms with Gasteiger partial charge in [-0.3, -0.25) is 14.4 Å². The number of rotatable bonds is 7. The molecule has 0 saturated heterocycles. The number of carbonyl (C=O) groups is 3. The lowest BCUT2D eigenvalue weighted by Gasteiger charge is -2.19. The van der Waals surface area contributed by atoms with Gasteiger partial charge >= 0.3 is 0 Å². The Morgan fingerprint density at radius 2 is 1.43 bits per heavy atom. The molecule has 6 nitrogen and oxygen atoms in total. The van der Waals surface area contributed by atoms with Gasteiger partial charge in [0.1, 0.15) is 0 Å². The van der Waals surface area contributed by atoms with Gasteiger partial charge in [0, 0.05) is 39.4 Å². The van der Waals surface area contributed by atoms with Gasteiger partial charge in [-0.1, -0.05) is 54.1 Å². The highest BCUT2D eigenvalue weighted by Gasteiger charge is 2.22. The zero-order valence-electron chi connectivity index (χ0n) is 19.9. The molecule has 0 fully saturated rings. The average molecular weight is 490 g/mol. The summed E-state index contributed by atoms with van der Waals surface area (Å²) in [6, 6.07) is 14.2. The number of hydrogen-bond acceptors (Lipinski definition) is 5. The van der Waals surface area contributed by atoms with Crippen molar-refractivity contribution in [2.45, 2.75) is 19.3 Å². The van der Waals surface area contributed by atoms with Gasteiger partial charge in [-0.05, 0) is 64.4 Å². The van der Waals surface area contributed by atoms with Crippen molar-refractivity contribution in [3.05, 3.63) is 89.0 Å². The molecule has 0 spiro atoms. The van der Waals surface area contributed by atoms with Crippen LogP contribution >= 0.6 is 0 Å². The second-order valence-electron chi connectivity index (χ2n) is 9.27. The van der Waals surface area contributed by atoms with Crippen molar-refractivity contribution in [1.82, 2.24) is 5.32 Å². The second kappa shape index (κ2) is 9.15. The number of hydrogen-bond donors (Lipinski definition) is 2. The SMILES string of the molecule is O=Cc1ccc2c3ccc(C=O)c4c(C(=O)NCCC5=CCCC=C5)ccc(c5ccc(OO)c1c25)c43. The van der Waals surface area contributed by atoms with Crippen LogP contribution in [0.25, 0.3) is 43.1 Å². The minimum Gasteiger partial charge on any atom is -0.352 e. The van der Waals surface area contributed by atoms with Gasteiger partial charge in [0.15, 0.2) is 18.3 Å². The van der Waals surface area contributed by atoms with E-state index in [0.717, 1.165) is 64.2 Å². The van der Waals surface area contributed by atoms with E-state index in [1.165, 1.54) is 5.57 Å². The maximum absolute atomic E-state index is 13.4. The topological polar surface area (TPSA) is 92.7 Å². The summed E-state index contributed by atoms with van der Waals surface area (Å²) in [5.74, 6) is -0.0470. The van der Waals surface area contributed by atoms with Crippen LogP contribution in [0.1, 0.15) is 50.3 Å². The number of fused-ring (bicyclic) bond motifs is 2. The summed E-state index contributed by atoms with van der Waals surface area (Å²) in [5, 5.41) is 18.5. The van der Waals surface area contributed by atoms with Crippen LogP contribution in [0.5, 0.6) is 5.75 Å². The van der Waals surface area contributed by atoms with Crippen LogP contribution in [0, 0.1) is 0 Å². The Balaban J connectivity index is 1.57. The Labute approximate surface area is 212 Å². The van der Waals surface area contributed by atoms with E-state index in [4.69, 9.17) is 0 Å². The van der Waals surface area contributed by atoms with Gasteiger partial charge in [-0.25, -0.2) is 5.26 Å². The van der Waals surface area contributed by atoms with Crippen LogP contribution in [-0.4, -0.2) is 30.3 Å². The molecule has 5 aromatic rings. The Morgan fingerprint density at radius 3 is 2.05 bits per heavy atom. The van der Waals surface area contributed by atoms with E-state index in [1.54, 1.807) is 24.3 Å². The standard InChI is InChI=1S/C31H23NO5/c33-16-19-6-8-21-22-9-7-20(17-34)28-26(37-36)13-12-24(30(22)28)23-10-11-25(27(19)29(21)23)31(35)32-15-14-18-4-2-1-3-5-18/h2,4-13,16-17,36H,1,3,14-15H2,(H,32,35). The fourth-order valence-electron chi connectivity index (χ4n) is 5.64. The van der Waals surface area contributed by atoms with E-state index in [1.807, 2.05) is 24.3 Å². The summed E-state index contributed by atoms with van der Waals surface area (Å²) < 4.78 is 0. The van der Waals surface area contributed by atoms with Crippen LogP contribution in [0.4, 0.5) is 0 Å². The van der Waals surface area contributed by atoms with Gasteiger partial charge in [0.25, 0.3) is 5.91 Å². The molecule has 0 bridgehead atoms. The molecule has 1 aliphatic rings. The predicted molar refractivity (Wildman–Crippen MR) is 145 cm³/mol. The van der Waals surface area contributed by atoms with Gasteiger partial charge in [-0.2, -0.15) is 0 Å². The van der Waals surface area contributed by atoms with Crippen LogP contribution in [0.15, 0.2) is 72.3 Å². The number of benzene rings is 5. The molecule has 1 amide bonds. The molecule has 0 heterocycles. The molecule has 1 aliphatic carbocycles. The molecule has 2 N–H and O–H groups in total. The summed E-state index contributed by atoms with van der Waals surface area (Å²) in [6.45, 7) is 0.495. The summed E-state index contributed by atoms with van der Waals surface area (Å²) in [6.07, 6.45) is 10.8. The molecule has 6 heteroatoms. The van der Waals surface area contributed by atoms with Crippen LogP contribution in [0.2, 0.25) is 0 Å². The fraction of sp³-hybridized carbons (Fsp3) is 0.129. The first kappa shape index (κ1) is 22.9. The van der Waals surface area contributed by atoms with Crippen molar-refractivity contribution in [1.29, 1.82) is 0 Å². The molecule has 6 rings (SSSR count). The van der Waals surface area contributed by atoms with E-state index in [-0.39, 0.29) is 11.7 Å². The highest BCUT2D eigenvalue weighted by Crippen LogP contribution is 2.44. The van der Waals surface area contributed by atoms with Crippen LogP contribution < -0.4 is 10.2 Å². The Kier molecular flexibility index (Phi) is 5.66. The van der Waals surface area contributed by atoms with Gasteiger partial charge in [-0.15, -0.1) is 0 Å². The number of nitrogens with one attached hydrogen (secondary N) is 1. The van der Waals surface area contributed by atoms with E-state index in [9.17, 15) is 19.6 Å². The van der Waals surface area contributed by atoms with Crippen molar-refractivity contribution in [3.63, 3.8) is 0 Å². The Bertz CT molecular complexity index is 1780. The summed E-state index contributed by atoms with van der Waals surface area (Å²) in [4.78, 5) is 41.9. The second-order valence-corrected chi connectivity index (χ2v) is 9.27. The minimum absolute atomic E-state index is 0.186. The molecule has 182 valence electrons. The van der Waals surface area contributed by atoms with Crippen molar-refractivity contribution >= 4 is 61.6 Å². The number of amides is 1. The molecule has 0 aliphatic heterocycles. The summed E-state index contributed by atoms with van der Waals surface area (Å²) >= 11 is 0. The van der Waals surface area contributed by atoms with Crippen LogP contribution in [-0.2, 0) is 0 Å². The number of allylic oxidation sites excluding steroid dienone is 3. The molecule has 0 aromatic heterocycles. The van der Waals surface area contributed by atoms with Gasteiger partial charge < -0.3 is 10.2 Å². The quantitative estimate of drug-likeness (QED) is 0.0882. The third-order valence-corrected chi connectivity index (χ3v) is 7.30. The van der Waals surface area contributed by atoms with Crippen molar-refractivity contribution in [2.75, 3.05) is 6.54 Å². The largest absolute Gasteiger partial charge is 0.352 e. The first-order valence-corrected chi connectivity index (χ1v) is 12.2. The van der Waals surface area contributed by atoms with E-state index < -0.39 is 0 Å². The minimum atomic E-state index is -0.233. The van der Waals surface area contributed by atoms with Crippen LogP contribution in [0.3, 0.4) is 0 Å². The predicted octanol–water partition coefficient (Wildman–Crippen LogP) is 6.61. The zero-order chi connectivity index (χ0) is 25.5. The lowest BCUT2D eigenvalue weighted by Crippen LogP contribution is -2.25. The summed E-state index contributed by atoms with van der Waals surface area (Å²) in [7, 11) is 0. The van der Waals surface area contributed by atoms with Crippen molar-refractivity contribution in [2.24, 2.45) is 0 Å². The van der Waals surface area contributed by atoms with E-state index in [2.05, 4.69) is 28.4 Å². The molecular formula is C31H23NO5. The van der Waals surface area contributed by atoms with E-state index in [0.29, 0.717) is 34.0 Å². The van der Waals surface area contributed by atoms with Gasteiger partial charge in [0.05, 0.1) is 0 Å². The first-order valence-electron chi connectivity index (χ1n) is 12.2. The first-order chi connectivity index (χ1) is 18.2. The summed E-state index contributed by atoms with van der Waals surface area (Å²) in [5.41, 5.74) is 2.48. The molecule has 0 radical (unpaired) electrons. The van der Waals surface area contributed by atoms with Gasteiger partial charge in [0.2, 0.25) is 0 Å². The fourth-order valence-corrected chi connectivity index (χ4v) is 5.64. The third-order valence-electron chi connectivity index (χ3n) is 7.30. The smallest absolute Gasteiger partial charge is 0.251 e. The monoisotopic (exact) mass is 489 g/mol. The maximum Gasteiger partial charge on any atom is 0.251 e. The van der Waals surface area contributed by atoms with Crippen molar-refractivity contribution in [3.8, 4) is 5.75 Å². The molecular weight excluding hydrogens is 466 g/mol. The molecule has 0 saturated carbocycles. The van der Waals surface area contributed by atoms with E-state index >= 15 is 0 Å². The van der Waals surface area contributed by atoms with Crippen molar-refractivity contribution < 1.29 is 24.5 Å². The average Bonchev–Trinajstić information content (AvgIpc) is 2.95. The Hall–Kier alpha value is -4.55. The lowest BCUT2D eigenvalue weighted by atomic mass is 9.85. The lowest BCUT2D eigenvalue weighted by molar-refractivity contribution is -0.136. The molecule has 0 unspecified atom stereocenters. The zero-order valence-corrected chi connectivity index (χ0v) is 19.9. The molecule has 37 heavy (non-hydrogen) atoms. The third kappa shape index (κ3) is 3.57. The highest BCUT2D eigenvalue weighted by molar-refractivity contribution is 6.37. The normalized spacial score (nSPS) is 13.4. The maximum atomic E-state index is 13.4. The Morgan fingerprint density at radius 1 is 0.811 bits per heavy atom. The molecule has 0 atom stereocenters.